The minimum atomic E-state index is 0.458. The Labute approximate surface area is 94.4 Å². The minimum absolute atomic E-state index is 0.458. The highest BCUT2D eigenvalue weighted by molar-refractivity contribution is 5.05. The summed E-state index contributed by atoms with van der Waals surface area (Å²) in [5, 5.41) is 3.63. The Kier molecular flexibility index (Phi) is 3.36. The highest BCUT2D eigenvalue weighted by Gasteiger charge is 2.46. The lowest BCUT2D eigenvalue weighted by atomic mass is 9.70. The van der Waals surface area contributed by atoms with Gasteiger partial charge in [0, 0.05) is 11.6 Å². The fourth-order valence-electron chi connectivity index (χ4n) is 3.74. The molecule has 0 aromatic rings. The van der Waals surface area contributed by atoms with Crippen LogP contribution in [0.15, 0.2) is 0 Å². The molecule has 1 atom stereocenters. The van der Waals surface area contributed by atoms with Crippen LogP contribution in [-0.4, -0.2) is 37.6 Å². The molecule has 0 aromatic carbocycles. The summed E-state index contributed by atoms with van der Waals surface area (Å²) in [6.07, 6.45) is 9.96. The van der Waals surface area contributed by atoms with Crippen molar-refractivity contribution >= 4 is 0 Å². The van der Waals surface area contributed by atoms with Crippen LogP contribution in [0.5, 0.6) is 0 Å². The maximum Gasteiger partial charge on any atom is 0.0359 e. The molecule has 2 aliphatic carbocycles. The second kappa shape index (κ2) is 4.42. The summed E-state index contributed by atoms with van der Waals surface area (Å²) in [6, 6.07) is 0.726. The molecule has 2 nitrogen and oxygen atoms in total. The van der Waals surface area contributed by atoms with E-state index in [1.807, 2.05) is 0 Å². The van der Waals surface area contributed by atoms with Crippen molar-refractivity contribution in [1.29, 1.82) is 0 Å². The Hall–Kier alpha value is -0.0800. The molecule has 0 heterocycles. The standard InChI is InChI=1S/C13H26N2/c1-14-12(11-7-6-8-11)13(15(2)3)9-4-5-10-13/h11-12,14H,4-10H2,1-3H3. The van der Waals surface area contributed by atoms with Gasteiger partial charge in [0.25, 0.3) is 0 Å². The molecule has 0 bridgehead atoms. The van der Waals surface area contributed by atoms with E-state index in [-0.39, 0.29) is 0 Å². The molecule has 2 saturated carbocycles. The van der Waals surface area contributed by atoms with E-state index in [1.165, 1.54) is 44.9 Å². The average molecular weight is 210 g/mol. The number of hydrogen-bond acceptors (Lipinski definition) is 2. The van der Waals surface area contributed by atoms with E-state index in [0.717, 1.165) is 12.0 Å². The molecule has 88 valence electrons. The van der Waals surface area contributed by atoms with Crippen molar-refractivity contribution in [3.8, 4) is 0 Å². The number of likely N-dealkylation sites (N-methyl/N-ethyl adjacent to an activating group) is 2. The normalized spacial score (nSPS) is 28.0. The van der Waals surface area contributed by atoms with Gasteiger partial charge in [0.1, 0.15) is 0 Å². The topological polar surface area (TPSA) is 15.3 Å². The van der Waals surface area contributed by atoms with Gasteiger partial charge in [-0.2, -0.15) is 0 Å². The molecule has 1 unspecified atom stereocenters. The molecule has 2 rings (SSSR count). The number of rotatable bonds is 4. The molecule has 2 aliphatic rings. The van der Waals surface area contributed by atoms with E-state index in [9.17, 15) is 0 Å². The molecule has 2 heteroatoms. The van der Waals surface area contributed by atoms with Crippen molar-refractivity contribution in [3.05, 3.63) is 0 Å². The molecular formula is C13H26N2. The molecule has 0 aliphatic heterocycles. The second-order valence-electron chi connectivity index (χ2n) is 5.66. The summed E-state index contributed by atoms with van der Waals surface area (Å²) < 4.78 is 0. The third-order valence-electron chi connectivity index (χ3n) is 4.87. The van der Waals surface area contributed by atoms with Crippen LogP contribution >= 0.6 is 0 Å². The molecule has 0 aromatic heterocycles. The van der Waals surface area contributed by atoms with E-state index in [4.69, 9.17) is 0 Å². The van der Waals surface area contributed by atoms with Crippen LogP contribution in [0.2, 0.25) is 0 Å². The zero-order valence-electron chi connectivity index (χ0n) is 10.6. The zero-order chi connectivity index (χ0) is 10.9. The van der Waals surface area contributed by atoms with Gasteiger partial charge in [0.15, 0.2) is 0 Å². The van der Waals surface area contributed by atoms with Crippen LogP contribution < -0.4 is 5.32 Å². The maximum absolute atomic E-state index is 3.63. The van der Waals surface area contributed by atoms with E-state index in [0.29, 0.717) is 5.54 Å². The highest BCUT2D eigenvalue weighted by Crippen LogP contribution is 2.43. The largest absolute Gasteiger partial charge is 0.315 e. The van der Waals surface area contributed by atoms with Gasteiger partial charge in [-0.3, -0.25) is 0 Å². The van der Waals surface area contributed by atoms with Gasteiger partial charge in [0.05, 0.1) is 0 Å². The lowest BCUT2D eigenvalue weighted by Gasteiger charge is -2.49. The lowest BCUT2D eigenvalue weighted by molar-refractivity contribution is 0.0521. The number of hydrogen-bond donors (Lipinski definition) is 1. The summed E-state index contributed by atoms with van der Waals surface area (Å²) in [6.45, 7) is 0. The van der Waals surface area contributed by atoms with Crippen molar-refractivity contribution in [3.63, 3.8) is 0 Å². The smallest absolute Gasteiger partial charge is 0.0359 e. The second-order valence-corrected chi connectivity index (χ2v) is 5.66. The van der Waals surface area contributed by atoms with E-state index in [2.05, 4.69) is 31.4 Å². The molecule has 15 heavy (non-hydrogen) atoms. The first-order valence-electron chi connectivity index (χ1n) is 6.55. The number of nitrogens with one attached hydrogen (secondary N) is 1. The molecule has 0 saturated heterocycles. The van der Waals surface area contributed by atoms with Crippen molar-refractivity contribution in [1.82, 2.24) is 10.2 Å². The Bertz CT molecular complexity index is 203. The van der Waals surface area contributed by atoms with Gasteiger partial charge in [0.2, 0.25) is 0 Å². The monoisotopic (exact) mass is 210 g/mol. The Morgan fingerprint density at radius 3 is 2.07 bits per heavy atom. The molecule has 0 amide bonds. The van der Waals surface area contributed by atoms with Crippen LogP contribution in [0.25, 0.3) is 0 Å². The Morgan fingerprint density at radius 1 is 1.13 bits per heavy atom. The summed E-state index contributed by atoms with van der Waals surface area (Å²) in [7, 11) is 6.70. The van der Waals surface area contributed by atoms with Gasteiger partial charge in [-0.25, -0.2) is 0 Å². The zero-order valence-corrected chi connectivity index (χ0v) is 10.6. The minimum Gasteiger partial charge on any atom is -0.315 e. The van der Waals surface area contributed by atoms with Crippen LogP contribution in [0.3, 0.4) is 0 Å². The van der Waals surface area contributed by atoms with Crippen molar-refractivity contribution in [2.24, 2.45) is 5.92 Å². The van der Waals surface area contributed by atoms with E-state index < -0.39 is 0 Å². The van der Waals surface area contributed by atoms with Crippen molar-refractivity contribution in [2.45, 2.75) is 56.5 Å². The van der Waals surface area contributed by atoms with Crippen LogP contribution in [0.1, 0.15) is 44.9 Å². The van der Waals surface area contributed by atoms with E-state index in [1.54, 1.807) is 0 Å². The fraction of sp³-hybridized carbons (Fsp3) is 1.00. The maximum atomic E-state index is 3.63. The predicted octanol–water partition coefficient (Wildman–Crippen LogP) is 2.25. The molecule has 2 fully saturated rings. The molecular weight excluding hydrogens is 184 g/mol. The third-order valence-corrected chi connectivity index (χ3v) is 4.87. The summed E-state index contributed by atoms with van der Waals surface area (Å²) in [5.41, 5.74) is 0.458. The summed E-state index contributed by atoms with van der Waals surface area (Å²) in [5.74, 6) is 0.940. The summed E-state index contributed by atoms with van der Waals surface area (Å²) >= 11 is 0. The lowest BCUT2D eigenvalue weighted by Crippen LogP contribution is -2.60. The molecule has 0 spiro atoms. The fourth-order valence-corrected chi connectivity index (χ4v) is 3.74. The predicted molar refractivity (Wildman–Crippen MR) is 65.1 cm³/mol. The van der Waals surface area contributed by atoms with Crippen LogP contribution in [0, 0.1) is 5.92 Å². The first-order chi connectivity index (χ1) is 7.20. The highest BCUT2D eigenvalue weighted by atomic mass is 15.2. The van der Waals surface area contributed by atoms with Crippen LogP contribution in [0.4, 0.5) is 0 Å². The van der Waals surface area contributed by atoms with Crippen molar-refractivity contribution < 1.29 is 0 Å². The Morgan fingerprint density at radius 2 is 1.73 bits per heavy atom. The molecule has 1 N–H and O–H groups in total. The average Bonchev–Trinajstić information content (AvgIpc) is 2.60. The van der Waals surface area contributed by atoms with Gasteiger partial charge < -0.3 is 10.2 Å². The van der Waals surface area contributed by atoms with Gasteiger partial charge in [-0.1, -0.05) is 19.3 Å². The van der Waals surface area contributed by atoms with Crippen LogP contribution in [-0.2, 0) is 0 Å². The number of nitrogens with zero attached hydrogens (tertiary/aromatic N) is 1. The molecule has 0 radical (unpaired) electrons. The quantitative estimate of drug-likeness (QED) is 0.765. The van der Waals surface area contributed by atoms with Crippen molar-refractivity contribution in [2.75, 3.05) is 21.1 Å². The van der Waals surface area contributed by atoms with Gasteiger partial charge >= 0.3 is 0 Å². The van der Waals surface area contributed by atoms with Gasteiger partial charge in [-0.05, 0) is 52.7 Å². The Balaban J connectivity index is 2.13. The third kappa shape index (κ3) is 1.83. The van der Waals surface area contributed by atoms with E-state index >= 15 is 0 Å². The first-order valence-corrected chi connectivity index (χ1v) is 6.55. The van der Waals surface area contributed by atoms with Gasteiger partial charge in [-0.15, -0.1) is 0 Å². The first kappa shape index (κ1) is 11.4. The summed E-state index contributed by atoms with van der Waals surface area (Å²) in [4.78, 5) is 2.50. The SMILES string of the molecule is CNC(C1CCC1)C1(N(C)C)CCCC1.